The first-order valence-corrected chi connectivity index (χ1v) is 14.8. The predicted molar refractivity (Wildman–Crippen MR) is 152 cm³/mol. The molecular formula is C27H27N5OS3. The van der Waals surface area contributed by atoms with Gasteiger partial charge in [0.25, 0.3) is 0 Å². The number of aliphatic imine (C=N–C) groups is 1. The number of fused-ring (bicyclic) bond motifs is 1. The van der Waals surface area contributed by atoms with Crippen LogP contribution in [0.3, 0.4) is 0 Å². The van der Waals surface area contributed by atoms with Crippen LogP contribution < -0.4 is 25.3 Å². The van der Waals surface area contributed by atoms with Crippen LogP contribution in [0.2, 0.25) is 0 Å². The summed E-state index contributed by atoms with van der Waals surface area (Å²) in [6.07, 6.45) is 5.20. The van der Waals surface area contributed by atoms with Crippen molar-refractivity contribution in [2.24, 2.45) is 15.9 Å². The molecule has 1 atom stereocenters. The maximum Gasteiger partial charge on any atom is 0.175 e. The zero-order valence-corrected chi connectivity index (χ0v) is 22.2. The van der Waals surface area contributed by atoms with Crippen molar-refractivity contribution in [2.45, 2.75) is 24.2 Å². The molecule has 2 aromatic heterocycles. The summed E-state index contributed by atoms with van der Waals surface area (Å²) in [6.45, 7) is 3.76. The van der Waals surface area contributed by atoms with Gasteiger partial charge >= 0.3 is 0 Å². The molecule has 3 aliphatic heterocycles. The molecule has 9 heteroatoms. The Morgan fingerprint density at radius 2 is 2.08 bits per heavy atom. The number of nitrogens with zero attached hydrogens (tertiary/aromatic N) is 3. The number of anilines is 1. The molecule has 2 N–H and O–H groups in total. The van der Waals surface area contributed by atoms with Gasteiger partial charge in [-0.15, -0.1) is 11.3 Å². The maximum absolute atomic E-state index is 6.31. The molecule has 6 nitrogen and oxygen atoms in total. The number of benzene rings is 1. The minimum Gasteiger partial charge on any atom is -0.453 e. The highest BCUT2D eigenvalue weighted by Gasteiger charge is 2.22. The number of ether oxygens (including phenoxy) is 1. The molecule has 5 heterocycles. The fourth-order valence-electron chi connectivity index (χ4n) is 4.43. The summed E-state index contributed by atoms with van der Waals surface area (Å²) in [4.78, 5) is 16.7. The third-order valence-electron chi connectivity index (χ3n) is 6.32. The molecule has 6 rings (SSSR count). The molecular weight excluding hydrogens is 507 g/mol. The van der Waals surface area contributed by atoms with E-state index in [-0.39, 0.29) is 0 Å². The van der Waals surface area contributed by atoms with Gasteiger partial charge in [0.15, 0.2) is 16.7 Å². The number of para-hydroxylation sites is 1. The van der Waals surface area contributed by atoms with Gasteiger partial charge in [0, 0.05) is 35.2 Å². The molecule has 1 aromatic carbocycles. The molecule has 3 aliphatic rings. The second-order valence-corrected chi connectivity index (χ2v) is 11.8. The van der Waals surface area contributed by atoms with Gasteiger partial charge in [0.2, 0.25) is 0 Å². The molecule has 36 heavy (non-hydrogen) atoms. The van der Waals surface area contributed by atoms with E-state index >= 15 is 0 Å². The summed E-state index contributed by atoms with van der Waals surface area (Å²) >= 11 is 5.16. The van der Waals surface area contributed by atoms with Gasteiger partial charge in [-0.1, -0.05) is 41.7 Å². The SMILES string of the molecule is C1=C(C2CCNC2)CN=C(Nc2ncc(SC3=c4sccc4=NCCC3)cc2Oc2ccccc2)S1. The second kappa shape index (κ2) is 11.2. The molecule has 0 spiro atoms. The summed E-state index contributed by atoms with van der Waals surface area (Å²) in [5.74, 6) is 2.74. The van der Waals surface area contributed by atoms with Crippen LogP contribution in [0.4, 0.5) is 5.82 Å². The highest BCUT2D eigenvalue weighted by Crippen LogP contribution is 2.37. The van der Waals surface area contributed by atoms with Crippen molar-refractivity contribution in [2.75, 3.05) is 31.5 Å². The summed E-state index contributed by atoms with van der Waals surface area (Å²) in [7, 11) is 0. The van der Waals surface area contributed by atoms with E-state index in [2.05, 4.69) is 33.6 Å². The molecule has 1 fully saturated rings. The summed E-state index contributed by atoms with van der Waals surface area (Å²) in [5, 5.41) is 13.2. The quantitative estimate of drug-likeness (QED) is 0.451. The first-order chi connectivity index (χ1) is 17.8. The molecule has 3 aromatic rings. The molecule has 0 saturated carbocycles. The van der Waals surface area contributed by atoms with Crippen molar-refractivity contribution in [3.05, 3.63) is 74.9 Å². The number of aromatic nitrogens is 1. The minimum atomic E-state index is 0.604. The first-order valence-electron chi connectivity index (χ1n) is 12.2. The first kappa shape index (κ1) is 23.8. The number of hydrogen-bond acceptors (Lipinski definition) is 9. The lowest BCUT2D eigenvalue weighted by Gasteiger charge is -2.19. The molecule has 184 valence electrons. The highest BCUT2D eigenvalue weighted by molar-refractivity contribution is 8.16. The van der Waals surface area contributed by atoms with E-state index in [1.54, 1.807) is 34.9 Å². The van der Waals surface area contributed by atoms with E-state index in [1.807, 2.05) is 36.5 Å². The molecule has 0 amide bonds. The molecule has 0 aliphatic carbocycles. The van der Waals surface area contributed by atoms with Crippen molar-refractivity contribution in [3.63, 3.8) is 0 Å². The second-order valence-electron chi connectivity index (χ2n) is 8.83. The molecule has 1 unspecified atom stereocenters. The molecule has 1 saturated heterocycles. The Balaban J connectivity index is 1.26. The fraction of sp³-hybridized carbons (Fsp3) is 0.296. The number of nitrogens with one attached hydrogen (secondary N) is 2. The average molecular weight is 534 g/mol. The molecule has 0 bridgehead atoms. The van der Waals surface area contributed by atoms with Crippen molar-refractivity contribution in [1.82, 2.24) is 10.3 Å². The third kappa shape index (κ3) is 5.54. The zero-order valence-electron chi connectivity index (χ0n) is 19.8. The lowest BCUT2D eigenvalue weighted by atomic mass is 10.00. The Bertz CT molecular complexity index is 1410. The highest BCUT2D eigenvalue weighted by atomic mass is 32.2. The Hall–Kier alpha value is -2.59. The van der Waals surface area contributed by atoms with Gasteiger partial charge in [0.05, 0.1) is 16.4 Å². The van der Waals surface area contributed by atoms with Crippen LogP contribution in [0.15, 0.2) is 79.9 Å². The van der Waals surface area contributed by atoms with Gasteiger partial charge in [-0.2, -0.15) is 0 Å². The van der Waals surface area contributed by atoms with Gasteiger partial charge in [-0.3, -0.25) is 9.98 Å². The van der Waals surface area contributed by atoms with Crippen LogP contribution in [0.5, 0.6) is 11.5 Å². The number of pyridine rings is 1. The number of thioether (sulfide) groups is 2. The van der Waals surface area contributed by atoms with Gasteiger partial charge in [0.1, 0.15) is 5.75 Å². The third-order valence-corrected chi connectivity index (χ3v) is 9.40. The zero-order chi connectivity index (χ0) is 24.2. The number of amidine groups is 1. The van der Waals surface area contributed by atoms with Crippen molar-refractivity contribution in [1.29, 1.82) is 0 Å². The van der Waals surface area contributed by atoms with E-state index in [9.17, 15) is 0 Å². The number of rotatable bonds is 6. The number of thiophene rings is 1. The van der Waals surface area contributed by atoms with Crippen LogP contribution in [0.1, 0.15) is 19.3 Å². The van der Waals surface area contributed by atoms with E-state index in [1.165, 1.54) is 21.4 Å². The van der Waals surface area contributed by atoms with Crippen molar-refractivity contribution >= 4 is 50.8 Å². The maximum atomic E-state index is 6.31. The topological polar surface area (TPSA) is 70.9 Å². The van der Waals surface area contributed by atoms with Gasteiger partial charge in [-0.25, -0.2) is 4.98 Å². The molecule has 0 radical (unpaired) electrons. The Morgan fingerprint density at radius 1 is 1.14 bits per heavy atom. The Kier molecular flexibility index (Phi) is 7.41. The Labute approximate surface area is 223 Å². The van der Waals surface area contributed by atoms with Crippen LogP contribution in [0.25, 0.3) is 4.91 Å². The summed E-state index contributed by atoms with van der Waals surface area (Å²) in [5.41, 5.74) is 1.41. The fourth-order valence-corrected chi connectivity index (χ4v) is 7.35. The van der Waals surface area contributed by atoms with Crippen molar-refractivity contribution < 1.29 is 4.74 Å². The lowest BCUT2D eigenvalue weighted by Crippen LogP contribution is -2.19. The minimum absolute atomic E-state index is 0.604. The Morgan fingerprint density at radius 3 is 2.92 bits per heavy atom. The van der Waals surface area contributed by atoms with Crippen LogP contribution in [-0.2, 0) is 0 Å². The van der Waals surface area contributed by atoms with Gasteiger partial charge in [-0.05, 0) is 66.3 Å². The van der Waals surface area contributed by atoms with E-state index in [0.717, 1.165) is 60.2 Å². The summed E-state index contributed by atoms with van der Waals surface area (Å²) < 4.78 is 7.59. The largest absolute Gasteiger partial charge is 0.453 e. The normalized spacial score (nSPS) is 19.6. The predicted octanol–water partition coefficient (Wildman–Crippen LogP) is 5.26. The summed E-state index contributed by atoms with van der Waals surface area (Å²) in [6, 6.07) is 14.1. The van der Waals surface area contributed by atoms with E-state index < -0.39 is 0 Å². The lowest BCUT2D eigenvalue weighted by molar-refractivity contribution is 0.481. The van der Waals surface area contributed by atoms with Gasteiger partial charge < -0.3 is 15.4 Å². The average Bonchev–Trinajstić information content (AvgIpc) is 3.58. The van der Waals surface area contributed by atoms with Crippen LogP contribution >= 0.6 is 34.9 Å². The van der Waals surface area contributed by atoms with Crippen LogP contribution in [0, 0.1) is 5.92 Å². The standard InChI is InChI=1S/C27H27N5OS3/c1-2-5-20(6-3-1)33-23-13-21(36-24-7-4-10-29-22-9-12-34-25(22)24)16-30-26(23)32-27-31-15-19(17-35-27)18-8-11-28-14-18/h1-3,5-6,9,12-13,16-18,28H,4,7-8,10-11,14-15H2,(H,30,31,32). The number of hydrogen-bond donors (Lipinski definition) is 2. The van der Waals surface area contributed by atoms with Crippen molar-refractivity contribution in [3.8, 4) is 11.5 Å². The van der Waals surface area contributed by atoms with E-state index in [0.29, 0.717) is 17.5 Å². The van der Waals surface area contributed by atoms with E-state index in [4.69, 9.17) is 19.7 Å². The smallest absolute Gasteiger partial charge is 0.175 e. The monoisotopic (exact) mass is 533 g/mol. The van der Waals surface area contributed by atoms with Crippen LogP contribution in [-0.4, -0.2) is 36.3 Å².